The van der Waals surface area contributed by atoms with Gasteiger partial charge >= 0.3 is 0 Å². The van der Waals surface area contributed by atoms with Gasteiger partial charge in [0.25, 0.3) is 0 Å². The Bertz CT molecular complexity index is 198. The fraction of sp³-hybridized carbons (Fsp3) is 0.889. The third-order valence-corrected chi connectivity index (χ3v) is 3.00. The summed E-state index contributed by atoms with van der Waals surface area (Å²) in [6.45, 7) is 3.28. The zero-order valence-electron chi connectivity index (χ0n) is 7.88. The van der Waals surface area contributed by atoms with Gasteiger partial charge in [0.2, 0.25) is 5.91 Å². The molecule has 1 heterocycles. The Kier molecular flexibility index (Phi) is 2.51. The minimum atomic E-state index is 0.216. The smallest absolute Gasteiger partial charge is 0.223 e. The van der Waals surface area contributed by atoms with Crippen molar-refractivity contribution < 1.29 is 9.53 Å². The first-order valence-electron chi connectivity index (χ1n) is 4.82. The van der Waals surface area contributed by atoms with Gasteiger partial charge in [0.05, 0.1) is 6.61 Å². The van der Waals surface area contributed by atoms with Gasteiger partial charge < -0.3 is 15.4 Å². The minimum absolute atomic E-state index is 0.216. The molecule has 1 saturated carbocycles. The van der Waals surface area contributed by atoms with E-state index in [1.54, 1.807) is 7.11 Å². The number of amides is 1. The van der Waals surface area contributed by atoms with Crippen molar-refractivity contribution in [2.75, 3.05) is 33.4 Å². The van der Waals surface area contributed by atoms with E-state index in [9.17, 15) is 4.79 Å². The molecule has 2 aliphatic rings. The fourth-order valence-electron chi connectivity index (χ4n) is 2.20. The normalized spacial score (nSPS) is 35.6. The summed E-state index contributed by atoms with van der Waals surface area (Å²) >= 11 is 0. The second-order valence-corrected chi connectivity index (χ2v) is 3.80. The summed E-state index contributed by atoms with van der Waals surface area (Å²) in [7, 11) is 1.64. The molecule has 0 aromatic carbocycles. The highest BCUT2D eigenvalue weighted by Crippen LogP contribution is 2.48. The maximum Gasteiger partial charge on any atom is 0.223 e. The van der Waals surface area contributed by atoms with E-state index >= 15 is 0 Å². The van der Waals surface area contributed by atoms with Gasteiger partial charge in [0.1, 0.15) is 0 Å². The number of nitrogens with one attached hydrogen (secondary N) is 2. The Balaban J connectivity index is 1.68. The van der Waals surface area contributed by atoms with Gasteiger partial charge in [0.15, 0.2) is 0 Å². The fourth-order valence-corrected chi connectivity index (χ4v) is 2.20. The van der Waals surface area contributed by atoms with Crippen molar-refractivity contribution in [2.45, 2.75) is 0 Å². The van der Waals surface area contributed by atoms with E-state index in [0.717, 1.165) is 13.1 Å². The van der Waals surface area contributed by atoms with E-state index in [2.05, 4.69) is 10.6 Å². The molecule has 0 aromatic heterocycles. The monoisotopic (exact) mass is 184 g/mol. The van der Waals surface area contributed by atoms with E-state index in [1.807, 2.05) is 0 Å². The number of hydrogen-bond acceptors (Lipinski definition) is 3. The maximum atomic E-state index is 11.5. The van der Waals surface area contributed by atoms with Gasteiger partial charge in [-0.05, 0) is 24.9 Å². The van der Waals surface area contributed by atoms with Gasteiger partial charge in [-0.1, -0.05) is 0 Å². The highest BCUT2D eigenvalue weighted by molar-refractivity contribution is 5.82. The number of rotatable bonds is 4. The molecule has 4 nitrogen and oxygen atoms in total. The Morgan fingerprint density at radius 3 is 2.85 bits per heavy atom. The summed E-state index contributed by atoms with van der Waals surface area (Å²) < 4.78 is 4.86. The largest absolute Gasteiger partial charge is 0.383 e. The molecule has 4 heteroatoms. The quantitative estimate of drug-likeness (QED) is 0.563. The molecule has 2 atom stereocenters. The van der Waals surface area contributed by atoms with Crippen LogP contribution in [-0.2, 0) is 9.53 Å². The molecule has 2 fully saturated rings. The van der Waals surface area contributed by atoms with Crippen LogP contribution in [-0.4, -0.2) is 39.3 Å². The van der Waals surface area contributed by atoms with Crippen molar-refractivity contribution >= 4 is 5.91 Å². The molecular weight excluding hydrogens is 168 g/mol. The van der Waals surface area contributed by atoms with E-state index < -0.39 is 0 Å². The summed E-state index contributed by atoms with van der Waals surface area (Å²) in [5.74, 6) is 1.73. The summed E-state index contributed by atoms with van der Waals surface area (Å²) in [5, 5.41) is 6.15. The van der Waals surface area contributed by atoms with E-state index in [4.69, 9.17) is 4.74 Å². The summed E-state index contributed by atoms with van der Waals surface area (Å²) in [6.07, 6.45) is 0. The molecule has 1 aliphatic carbocycles. The maximum absolute atomic E-state index is 11.5. The van der Waals surface area contributed by atoms with E-state index in [0.29, 0.717) is 25.0 Å². The lowest BCUT2D eigenvalue weighted by molar-refractivity contribution is -0.123. The molecule has 1 aliphatic heterocycles. The van der Waals surface area contributed by atoms with Crippen molar-refractivity contribution in [3.8, 4) is 0 Å². The van der Waals surface area contributed by atoms with Gasteiger partial charge in [-0.3, -0.25) is 4.79 Å². The molecule has 13 heavy (non-hydrogen) atoms. The minimum Gasteiger partial charge on any atom is -0.383 e. The van der Waals surface area contributed by atoms with Gasteiger partial charge in [-0.25, -0.2) is 0 Å². The van der Waals surface area contributed by atoms with E-state index in [1.165, 1.54) is 0 Å². The number of hydrogen-bond donors (Lipinski definition) is 2. The molecule has 0 radical (unpaired) electrons. The van der Waals surface area contributed by atoms with Crippen LogP contribution in [0.5, 0.6) is 0 Å². The molecular formula is C9H16N2O2. The van der Waals surface area contributed by atoms with Crippen molar-refractivity contribution in [3.05, 3.63) is 0 Å². The molecule has 0 spiro atoms. The first-order valence-corrected chi connectivity index (χ1v) is 4.82. The Hall–Kier alpha value is -0.610. The van der Waals surface area contributed by atoms with Crippen molar-refractivity contribution in [3.63, 3.8) is 0 Å². The summed E-state index contributed by atoms with van der Waals surface area (Å²) in [5.41, 5.74) is 0. The zero-order valence-corrected chi connectivity index (χ0v) is 7.88. The van der Waals surface area contributed by atoms with Crippen LogP contribution in [0.15, 0.2) is 0 Å². The molecule has 2 N–H and O–H groups in total. The van der Waals surface area contributed by atoms with Crippen LogP contribution in [0.25, 0.3) is 0 Å². The zero-order chi connectivity index (χ0) is 9.26. The molecule has 2 rings (SSSR count). The first kappa shape index (κ1) is 8.97. The standard InChI is InChI=1S/C9H16N2O2/c1-13-3-2-11-9(12)8-6-4-10-5-7(6)8/h6-8,10H,2-5H2,1H3,(H,11,12). The van der Waals surface area contributed by atoms with Crippen molar-refractivity contribution in [2.24, 2.45) is 17.8 Å². The average Bonchev–Trinajstić information content (AvgIpc) is 2.61. The highest BCUT2D eigenvalue weighted by Gasteiger charge is 2.56. The number of methoxy groups -OCH3 is 1. The second kappa shape index (κ2) is 3.64. The predicted molar refractivity (Wildman–Crippen MR) is 48.2 cm³/mol. The molecule has 2 unspecified atom stereocenters. The average molecular weight is 184 g/mol. The number of carbonyl (C=O) groups is 1. The van der Waals surface area contributed by atoms with Crippen LogP contribution in [0.1, 0.15) is 0 Å². The SMILES string of the molecule is COCCNC(=O)C1C2CNCC21. The molecule has 1 saturated heterocycles. The van der Waals surface area contributed by atoms with Gasteiger partial charge in [-0.2, -0.15) is 0 Å². The third-order valence-electron chi connectivity index (χ3n) is 3.00. The number of piperidine rings is 1. The molecule has 74 valence electrons. The second-order valence-electron chi connectivity index (χ2n) is 3.80. The topological polar surface area (TPSA) is 50.4 Å². The van der Waals surface area contributed by atoms with Crippen molar-refractivity contribution in [1.29, 1.82) is 0 Å². The lowest BCUT2D eigenvalue weighted by atomic mass is 10.2. The summed E-state index contributed by atoms with van der Waals surface area (Å²) in [6, 6.07) is 0. The van der Waals surface area contributed by atoms with Crippen molar-refractivity contribution in [1.82, 2.24) is 10.6 Å². The van der Waals surface area contributed by atoms with Crippen LogP contribution < -0.4 is 10.6 Å². The highest BCUT2D eigenvalue weighted by atomic mass is 16.5. The molecule has 0 bridgehead atoms. The Morgan fingerprint density at radius 2 is 2.23 bits per heavy atom. The Labute approximate surface area is 78.0 Å². The third kappa shape index (κ3) is 1.69. The van der Waals surface area contributed by atoms with Gasteiger partial charge in [-0.15, -0.1) is 0 Å². The Morgan fingerprint density at radius 1 is 1.54 bits per heavy atom. The predicted octanol–water partition coefficient (Wildman–Crippen LogP) is -0.786. The lowest BCUT2D eigenvalue weighted by Crippen LogP contribution is -2.31. The first-order chi connectivity index (χ1) is 6.34. The number of ether oxygens (including phenoxy) is 1. The van der Waals surface area contributed by atoms with Crippen LogP contribution in [0, 0.1) is 17.8 Å². The van der Waals surface area contributed by atoms with E-state index in [-0.39, 0.29) is 11.8 Å². The van der Waals surface area contributed by atoms with Crippen LogP contribution >= 0.6 is 0 Å². The molecule has 0 aromatic rings. The summed E-state index contributed by atoms with van der Waals surface area (Å²) in [4.78, 5) is 11.5. The molecule has 1 amide bonds. The van der Waals surface area contributed by atoms with Crippen LogP contribution in [0.3, 0.4) is 0 Å². The number of fused-ring (bicyclic) bond motifs is 1. The lowest BCUT2D eigenvalue weighted by Gasteiger charge is -2.05. The van der Waals surface area contributed by atoms with Crippen LogP contribution in [0.2, 0.25) is 0 Å². The van der Waals surface area contributed by atoms with Crippen LogP contribution in [0.4, 0.5) is 0 Å². The number of carbonyl (C=O) groups excluding carboxylic acids is 1. The van der Waals surface area contributed by atoms with Gasteiger partial charge in [0, 0.05) is 19.6 Å².